The van der Waals surface area contributed by atoms with Gasteiger partial charge < -0.3 is 9.64 Å². The molecular weight excluding hydrogens is 228 g/mol. The van der Waals surface area contributed by atoms with Gasteiger partial charge in [-0.2, -0.15) is 0 Å². The van der Waals surface area contributed by atoms with Gasteiger partial charge in [0.15, 0.2) is 0 Å². The summed E-state index contributed by atoms with van der Waals surface area (Å²) in [6.45, 7) is 9.04. The maximum atomic E-state index is 12.2. The minimum Gasteiger partial charge on any atom is -0.465 e. The van der Waals surface area contributed by atoms with E-state index in [9.17, 15) is 4.79 Å². The second-order valence-electron chi connectivity index (χ2n) is 5.85. The normalized spacial score (nSPS) is 19.7. The third-order valence-electron chi connectivity index (χ3n) is 3.60. The van der Waals surface area contributed by atoms with Crippen molar-refractivity contribution in [2.45, 2.75) is 64.6 Å². The van der Waals surface area contributed by atoms with Crippen LogP contribution in [0.15, 0.2) is 0 Å². The van der Waals surface area contributed by atoms with Crippen LogP contribution < -0.4 is 5.32 Å². The molecule has 1 aliphatic rings. The predicted octanol–water partition coefficient (Wildman–Crippen LogP) is 1.79. The van der Waals surface area contributed by atoms with Crippen LogP contribution in [-0.2, 0) is 9.53 Å². The maximum absolute atomic E-state index is 12.2. The van der Waals surface area contributed by atoms with Gasteiger partial charge in [0.25, 0.3) is 0 Å². The van der Waals surface area contributed by atoms with Crippen molar-refractivity contribution < 1.29 is 9.53 Å². The van der Waals surface area contributed by atoms with Gasteiger partial charge >= 0.3 is 5.97 Å². The van der Waals surface area contributed by atoms with Crippen LogP contribution in [0.25, 0.3) is 0 Å². The Labute approximate surface area is 111 Å². The summed E-state index contributed by atoms with van der Waals surface area (Å²) in [6, 6.07) is 0.891. The molecule has 1 aliphatic carbocycles. The van der Waals surface area contributed by atoms with Crippen LogP contribution in [0.1, 0.15) is 47.0 Å². The Kier molecular flexibility index (Phi) is 5.60. The molecule has 1 N–H and O–H groups in total. The molecule has 106 valence electrons. The van der Waals surface area contributed by atoms with Gasteiger partial charge in [-0.05, 0) is 47.6 Å². The fourth-order valence-electron chi connectivity index (χ4n) is 2.55. The number of hydrogen-bond acceptors (Lipinski definition) is 4. The minimum absolute atomic E-state index is 0.148. The van der Waals surface area contributed by atoms with Crippen LogP contribution in [0.2, 0.25) is 0 Å². The first-order valence-corrected chi connectivity index (χ1v) is 7.04. The summed E-state index contributed by atoms with van der Waals surface area (Å²) in [5.41, 5.74) is -0.617. The molecule has 18 heavy (non-hydrogen) atoms. The molecule has 1 unspecified atom stereocenters. The summed E-state index contributed by atoms with van der Waals surface area (Å²) in [5, 5.41) is 3.36. The summed E-state index contributed by atoms with van der Waals surface area (Å²) in [5.74, 6) is -0.148. The molecule has 0 amide bonds. The van der Waals surface area contributed by atoms with Gasteiger partial charge in [-0.25, -0.2) is 0 Å². The highest BCUT2D eigenvalue weighted by atomic mass is 16.5. The summed E-state index contributed by atoms with van der Waals surface area (Å²) >= 11 is 0. The highest BCUT2D eigenvalue weighted by Gasteiger charge is 2.38. The highest BCUT2D eigenvalue weighted by molar-refractivity contribution is 5.80. The van der Waals surface area contributed by atoms with Crippen molar-refractivity contribution in [3.63, 3.8) is 0 Å². The number of nitrogens with zero attached hydrogens (tertiary/aromatic N) is 1. The molecule has 0 heterocycles. The molecule has 0 aromatic heterocycles. The highest BCUT2D eigenvalue weighted by Crippen LogP contribution is 2.25. The van der Waals surface area contributed by atoms with Crippen LogP contribution in [0.5, 0.6) is 0 Å². The first-order chi connectivity index (χ1) is 8.39. The Morgan fingerprint density at radius 2 is 2.11 bits per heavy atom. The Bertz CT molecular complexity index is 277. The lowest BCUT2D eigenvalue weighted by molar-refractivity contribution is -0.152. The second kappa shape index (κ2) is 6.53. The topological polar surface area (TPSA) is 41.6 Å². The second-order valence-corrected chi connectivity index (χ2v) is 5.85. The van der Waals surface area contributed by atoms with Crippen LogP contribution in [0, 0.1) is 0 Å². The molecule has 1 saturated carbocycles. The summed E-state index contributed by atoms with van der Waals surface area (Å²) in [4.78, 5) is 14.4. The van der Waals surface area contributed by atoms with Crippen molar-refractivity contribution in [3.05, 3.63) is 0 Å². The zero-order valence-corrected chi connectivity index (χ0v) is 12.5. The number of likely N-dealkylation sites (N-methyl/N-ethyl adjacent to an activating group) is 1. The number of carbonyl (C=O) groups excluding carboxylic acids is 1. The quantitative estimate of drug-likeness (QED) is 0.705. The van der Waals surface area contributed by atoms with Crippen molar-refractivity contribution in [2.75, 3.05) is 20.2 Å². The molecule has 0 saturated heterocycles. The molecule has 4 heteroatoms. The van der Waals surface area contributed by atoms with Gasteiger partial charge in [-0.1, -0.05) is 6.42 Å². The maximum Gasteiger partial charge on any atom is 0.327 e. The van der Waals surface area contributed by atoms with Crippen molar-refractivity contribution in [1.82, 2.24) is 10.2 Å². The number of hydrogen-bond donors (Lipinski definition) is 1. The zero-order valence-electron chi connectivity index (χ0n) is 12.5. The predicted molar refractivity (Wildman–Crippen MR) is 73.6 cm³/mol. The Morgan fingerprint density at radius 3 is 2.50 bits per heavy atom. The van der Waals surface area contributed by atoms with E-state index in [2.05, 4.69) is 31.1 Å². The molecule has 1 fully saturated rings. The molecule has 0 radical (unpaired) electrons. The van der Waals surface area contributed by atoms with E-state index >= 15 is 0 Å². The molecular formula is C14H28N2O2. The van der Waals surface area contributed by atoms with Crippen molar-refractivity contribution >= 4 is 5.97 Å². The standard InChI is InChI=1S/C14H28N2O2/c1-6-18-13(17)14(4,15-11(2)3)10-16(5)12-8-7-9-12/h11-12,15H,6-10H2,1-5H3. The van der Waals surface area contributed by atoms with Crippen molar-refractivity contribution in [3.8, 4) is 0 Å². The van der Waals surface area contributed by atoms with Gasteiger partial charge in [-0.15, -0.1) is 0 Å². The van der Waals surface area contributed by atoms with E-state index in [1.807, 2.05) is 13.8 Å². The smallest absolute Gasteiger partial charge is 0.327 e. The van der Waals surface area contributed by atoms with E-state index in [4.69, 9.17) is 4.74 Å². The number of ether oxygens (including phenoxy) is 1. The van der Waals surface area contributed by atoms with E-state index in [-0.39, 0.29) is 12.0 Å². The Morgan fingerprint density at radius 1 is 1.50 bits per heavy atom. The molecule has 0 aliphatic heterocycles. The fourth-order valence-corrected chi connectivity index (χ4v) is 2.55. The van der Waals surface area contributed by atoms with E-state index in [1.165, 1.54) is 19.3 Å². The van der Waals surface area contributed by atoms with E-state index in [1.54, 1.807) is 0 Å². The molecule has 0 aromatic carbocycles. The molecule has 4 nitrogen and oxygen atoms in total. The molecule has 0 aromatic rings. The minimum atomic E-state index is -0.617. The van der Waals surface area contributed by atoms with Crippen molar-refractivity contribution in [1.29, 1.82) is 0 Å². The number of rotatable bonds is 7. The van der Waals surface area contributed by atoms with Crippen LogP contribution in [-0.4, -0.2) is 48.7 Å². The zero-order chi connectivity index (χ0) is 13.8. The Balaban J connectivity index is 2.65. The van der Waals surface area contributed by atoms with Gasteiger partial charge in [0, 0.05) is 18.6 Å². The SMILES string of the molecule is CCOC(=O)C(C)(CN(C)C1CCC1)NC(C)C. The lowest BCUT2D eigenvalue weighted by Gasteiger charge is -2.40. The molecule has 0 bridgehead atoms. The third kappa shape index (κ3) is 3.95. The van der Waals surface area contributed by atoms with E-state index in [0.29, 0.717) is 19.2 Å². The average molecular weight is 256 g/mol. The first-order valence-electron chi connectivity index (χ1n) is 7.04. The average Bonchev–Trinajstić information content (AvgIpc) is 2.12. The van der Waals surface area contributed by atoms with Gasteiger partial charge in [0.1, 0.15) is 5.54 Å². The summed E-state index contributed by atoms with van der Waals surface area (Å²) in [6.07, 6.45) is 3.80. The largest absolute Gasteiger partial charge is 0.465 e. The molecule has 0 spiro atoms. The van der Waals surface area contributed by atoms with E-state index in [0.717, 1.165) is 0 Å². The summed E-state index contributed by atoms with van der Waals surface area (Å²) in [7, 11) is 2.10. The number of esters is 1. The summed E-state index contributed by atoms with van der Waals surface area (Å²) < 4.78 is 5.21. The van der Waals surface area contributed by atoms with Crippen LogP contribution in [0.4, 0.5) is 0 Å². The fraction of sp³-hybridized carbons (Fsp3) is 0.929. The monoisotopic (exact) mass is 256 g/mol. The molecule has 1 atom stereocenters. The first kappa shape index (κ1) is 15.4. The van der Waals surface area contributed by atoms with E-state index < -0.39 is 5.54 Å². The van der Waals surface area contributed by atoms with Crippen molar-refractivity contribution in [2.24, 2.45) is 0 Å². The van der Waals surface area contributed by atoms with Gasteiger partial charge in [0.2, 0.25) is 0 Å². The number of nitrogens with one attached hydrogen (secondary N) is 1. The van der Waals surface area contributed by atoms with Crippen LogP contribution >= 0.6 is 0 Å². The molecule has 1 rings (SSSR count). The van der Waals surface area contributed by atoms with Gasteiger partial charge in [-0.3, -0.25) is 10.1 Å². The van der Waals surface area contributed by atoms with Gasteiger partial charge in [0.05, 0.1) is 6.61 Å². The van der Waals surface area contributed by atoms with Crippen LogP contribution in [0.3, 0.4) is 0 Å². The third-order valence-corrected chi connectivity index (χ3v) is 3.60. The lowest BCUT2D eigenvalue weighted by atomic mass is 9.90. The number of carbonyl (C=O) groups is 1. The lowest BCUT2D eigenvalue weighted by Crippen LogP contribution is -2.60. The Hall–Kier alpha value is -0.610.